The second kappa shape index (κ2) is 8.15. The maximum atomic E-state index is 5.82. The number of aryl methyl sites for hydroxylation is 1. The standard InChI is InChI=1S/C20H27N3O/c1-15(2)14-24-20-10-6-3-7-16(20)13-21-12-11-19-17-8-4-5-9-18(17)22-23-19/h3,6-7,10,21H,1,4-5,8-9,11-14H2,2H3,(H,22,23). The molecule has 0 radical (unpaired) electrons. The molecule has 128 valence electrons. The summed E-state index contributed by atoms with van der Waals surface area (Å²) in [5.74, 6) is 0.935. The van der Waals surface area contributed by atoms with Crippen LogP contribution in [0.3, 0.4) is 0 Å². The van der Waals surface area contributed by atoms with E-state index in [1.165, 1.54) is 41.8 Å². The Morgan fingerprint density at radius 2 is 2.12 bits per heavy atom. The van der Waals surface area contributed by atoms with E-state index in [1.54, 1.807) is 0 Å². The molecular weight excluding hydrogens is 298 g/mol. The molecule has 4 nitrogen and oxygen atoms in total. The molecular formula is C20H27N3O. The van der Waals surface area contributed by atoms with Crippen molar-refractivity contribution in [3.8, 4) is 5.75 Å². The summed E-state index contributed by atoms with van der Waals surface area (Å²) in [6, 6.07) is 8.18. The monoisotopic (exact) mass is 325 g/mol. The number of aromatic amines is 1. The maximum absolute atomic E-state index is 5.82. The zero-order valence-corrected chi connectivity index (χ0v) is 14.5. The van der Waals surface area contributed by atoms with Crippen LogP contribution in [0.25, 0.3) is 0 Å². The summed E-state index contributed by atoms with van der Waals surface area (Å²) in [6.07, 6.45) is 5.89. The molecule has 0 aliphatic heterocycles. The summed E-state index contributed by atoms with van der Waals surface area (Å²) in [4.78, 5) is 0. The van der Waals surface area contributed by atoms with Crippen molar-refractivity contribution < 1.29 is 4.74 Å². The lowest BCUT2D eigenvalue weighted by atomic mass is 9.95. The average Bonchev–Trinajstić information content (AvgIpc) is 3.01. The summed E-state index contributed by atoms with van der Waals surface area (Å²) in [7, 11) is 0. The van der Waals surface area contributed by atoms with Crippen LogP contribution >= 0.6 is 0 Å². The third-order valence-electron chi connectivity index (χ3n) is 4.44. The van der Waals surface area contributed by atoms with E-state index in [9.17, 15) is 0 Å². The first-order valence-corrected chi connectivity index (χ1v) is 8.85. The highest BCUT2D eigenvalue weighted by atomic mass is 16.5. The highest BCUT2D eigenvalue weighted by Crippen LogP contribution is 2.22. The van der Waals surface area contributed by atoms with Crippen LogP contribution in [-0.2, 0) is 25.8 Å². The molecule has 4 heteroatoms. The van der Waals surface area contributed by atoms with Gasteiger partial charge in [0.05, 0.1) is 5.69 Å². The molecule has 2 aromatic rings. The highest BCUT2D eigenvalue weighted by Gasteiger charge is 2.16. The molecule has 1 aromatic carbocycles. The number of benzene rings is 1. The van der Waals surface area contributed by atoms with Gasteiger partial charge in [-0.3, -0.25) is 5.10 Å². The van der Waals surface area contributed by atoms with Crippen molar-refractivity contribution in [3.05, 3.63) is 58.9 Å². The zero-order chi connectivity index (χ0) is 16.8. The lowest BCUT2D eigenvalue weighted by Crippen LogP contribution is -2.18. The van der Waals surface area contributed by atoms with Crippen LogP contribution in [0.4, 0.5) is 0 Å². The topological polar surface area (TPSA) is 49.9 Å². The molecule has 2 N–H and O–H groups in total. The molecule has 3 rings (SSSR count). The van der Waals surface area contributed by atoms with Gasteiger partial charge >= 0.3 is 0 Å². The summed E-state index contributed by atoms with van der Waals surface area (Å²) < 4.78 is 5.82. The molecule has 0 saturated carbocycles. The Hall–Kier alpha value is -2.07. The Balaban J connectivity index is 1.50. The predicted molar refractivity (Wildman–Crippen MR) is 97.4 cm³/mol. The fourth-order valence-corrected chi connectivity index (χ4v) is 3.18. The van der Waals surface area contributed by atoms with E-state index in [-0.39, 0.29) is 0 Å². The number of nitrogens with one attached hydrogen (secondary N) is 2. The van der Waals surface area contributed by atoms with Crippen molar-refractivity contribution in [3.63, 3.8) is 0 Å². The molecule has 0 unspecified atom stereocenters. The van der Waals surface area contributed by atoms with Gasteiger partial charge < -0.3 is 10.1 Å². The number of H-pyrrole nitrogens is 1. The van der Waals surface area contributed by atoms with Gasteiger partial charge in [0.25, 0.3) is 0 Å². The van der Waals surface area contributed by atoms with E-state index in [1.807, 2.05) is 19.1 Å². The van der Waals surface area contributed by atoms with E-state index < -0.39 is 0 Å². The molecule has 1 aromatic heterocycles. The second-order valence-electron chi connectivity index (χ2n) is 6.61. The van der Waals surface area contributed by atoms with Gasteiger partial charge in [-0.25, -0.2) is 0 Å². The van der Waals surface area contributed by atoms with E-state index in [0.29, 0.717) is 6.61 Å². The molecule has 1 heterocycles. The summed E-state index contributed by atoms with van der Waals surface area (Å²) in [5.41, 5.74) is 6.27. The first-order valence-electron chi connectivity index (χ1n) is 8.85. The lowest BCUT2D eigenvalue weighted by Gasteiger charge is -2.13. The molecule has 0 atom stereocenters. The van der Waals surface area contributed by atoms with Crippen molar-refractivity contribution in [2.45, 2.75) is 45.6 Å². The van der Waals surface area contributed by atoms with E-state index in [0.717, 1.165) is 37.3 Å². The number of fused-ring (bicyclic) bond motifs is 1. The molecule has 1 aliphatic rings. The number of ether oxygens (including phenoxy) is 1. The number of nitrogens with zero attached hydrogens (tertiary/aromatic N) is 1. The van der Waals surface area contributed by atoms with Crippen LogP contribution in [-0.4, -0.2) is 23.3 Å². The fourth-order valence-electron chi connectivity index (χ4n) is 3.18. The number of aromatic nitrogens is 2. The lowest BCUT2D eigenvalue weighted by molar-refractivity contribution is 0.347. The number of rotatable bonds is 8. The number of hydrogen-bond donors (Lipinski definition) is 2. The van der Waals surface area contributed by atoms with Crippen LogP contribution in [0.15, 0.2) is 36.4 Å². The summed E-state index contributed by atoms with van der Waals surface area (Å²) >= 11 is 0. The van der Waals surface area contributed by atoms with E-state index in [4.69, 9.17) is 4.74 Å². The smallest absolute Gasteiger partial charge is 0.124 e. The normalized spacial score (nSPS) is 13.5. The first-order chi connectivity index (χ1) is 11.7. The molecule has 24 heavy (non-hydrogen) atoms. The van der Waals surface area contributed by atoms with Gasteiger partial charge in [0.2, 0.25) is 0 Å². The highest BCUT2D eigenvalue weighted by molar-refractivity contribution is 5.33. The average molecular weight is 325 g/mol. The van der Waals surface area contributed by atoms with Crippen molar-refractivity contribution in [2.75, 3.05) is 13.2 Å². The van der Waals surface area contributed by atoms with E-state index in [2.05, 4.69) is 34.2 Å². The Kier molecular flexibility index (Phi) is 5.70. The molecule has 0 fully saturated rings. The molecule has 0 saturated heterocycles. The van der Waals surface area contributed by atoms with Crippen LogP contribution < -0.4 is 10.1 Å². The fraction of sp³-hybridized carbons (Fsp3) is 0.450. The third-order valence-corrected chi connectivity index (χ3v) is 4.44. The van der Waals surface area contributed by atoms with Crippen LogP contribution in [0, 0.1) is 0 Å². The predicted octanol–water partition coefficient (Wildman–Crippen LogP) is 3.58. The van der Waals surface area contributed by atoms with Crippen LogP contribution in [0.5, 0.6) is 5.75 Å². The van der Waals surface area contributed by atoms with Crippen molar-refractivity contribution >= 4 is 0 Å². The maximum Gasteiger partial charge on any atom is 0.124 e. The third kappa shape index (κ3) is 4.26. The summed E-state index contributed by atoms with van der Waals surface area (Å²) in [5, 5.41) is 11.2. The van der Waals surface area contributed by atoms with Gasteiger partial charge in [-0.1, -0.05) is 24.8 Å². The molecule has 0 bridgehead atoms. The Bertz CT molecular complexity index is 690. The largest absolute Gasteiger partial charge is 0.489 e. The Morgan fingerprint density at radius 3 is 3.00 bits per heavy atom. The molecule has 0 amide bonds. The number of hydrogen-bond acceptors (Lipinski definition) is 3. The minimum absolute atomic E-state index is 0.566. The SMILES string of the molecule is C=C(C)COc1ccccc1CNCCc1n[nH]c2c1CCCC2. The Morgan fingerprint density at radius 1 is 1.29 bits per heavy atom. The van der Waals surface area contributed by atoms with Crippen molar-refractivity contribution in [1.29, 1.82) is 0 Å². The Labute approximate surface area is 144 Å². The number of para-hydroxylation sites is 1. The van der Waals surface area contributed by atoms with Crippen molar-refractivity contribution in [1.82, 2.24) is 15.5 Å². The van der Waals surface area contributed by atoms with Gasteiger partial charge in [-0.2, -0.15) is 5.10 Å². The van der Waals surface area contributed by atoms with Gasteiger partial charge in [0.1, 0.15) is 12.4 Å². The molecule has 0 spiro atoms. The zero-order valence-electron chi connectivity index (χ0n) is 14.5. The van der Waals surface area contributed by atoms with Gasteiger partial charge in [-0.05, 0) is 49.8 Å². The van der Waals surface area contributed by atoms with Crippen LogP contribution in [0.2, 0.25) is 0 Å². The minimum atomic E-state index is 0.566. The minimum Gasteiger partial charge on any atom is -0.489 e. The van der Waals surface area contributed by atoms with E-state index >= 15 is 0 Å². The quantitative estimate of drug-likeness (QED) is 0.576. The summed E-state index contributed by atoms with van der Waals surface area (Å²) in [6.45, 7) is 8.16. The van der Waals surface area contributed by atoms with Crippen LogP contribution in [0.1, 0.15) is 42.3 Å². The van der Waals surface area contributed by atoms with Gasteiger partial charge in [0.15, 0.2) is 0 Å². The van der Waals surface area contributed by atoms with Gasteiger partial charge in [-0.15, -0.1) is 0 Å². The van der Waals surface area contributed by atoms with Crippen molar-refractivity contribution in [2.24, 2.45) is 0 Å². The molecule has 1 aliphatic carbocycles. The second-order valence-corrected chi connectivity index (χ2v) is 6.61. The van der Waals surface area contributed by atoms with Gasteiger partial charge in [0, 0.05) is 30.8 Å². The first kappa shape index (κ1) is 16.8.